The Morgan fingerprint density at radius 1 is 0.950 bits per heavy atom. The lowest BCUT2D eigenvalue weighted by atomic mass is 10.1. The minimum absolute atomic E-state index is 0.0655. The Labute approximate surface area is 118 Å². The van der Waals surface area contributed by atoms with Gasteiger partial charge in [0.05, 0.1) is 0 Å². The van der Waals surface area contributed by atoms with Gasteiger partial charge in [-0.2, -0.15) is 0 Å². The molecule has 2 amide bonds. The number of anilines is 1. The van der Waals surface area contributed by atoms with Crippen molar-refractivity contribution in [2.45, 2.75) is 13.8 Å². The second-order valence-corrected chi connectivity index (χ2v) is 4.25. The fourth-order valence-electron chi connectivity index (χ4n) is 1.55. The quantitative estimate of drug-likeness (QED) is 0.880. The highest BCUT2D eigenvalue weighted by Gasteiger charge is 2.07. The molecule has 0 fully saturated rings. The maximum Gasteiger partial charge on any atom is 0.255 e. The molecule has 3 N–H and O–H groups in total. The molecule has 0 bridgehead atoms. The number of amides is 2. The smallest absolute Gasteiger partial charge is 0.255 e. The van der Waals surface area contributed by atoms with Crippen LogP contribution in [0.5, 0.6) is 0 Å². The molecule has 4 heteroatoms. The molecule has 0 unspecified atom stereocenters. The summed E-state index contributed by atoms with van der Waals surface area (Å²) in [6.45, 7) is 3.24. The lowest BCUT2D eigenvalue weighted by molar-refractivity contribution is -0.115. The number of para-hydroxylation sites is 1. The van der Waals surface area contributed by atoms with Gasteiger partial charge in [0.1, 0.15) is 0 Å². The van der Waals surface area contributed by atoms with E-state index in [9.17, 15) is 9.59 Å². The Balaban J connectivity index is 0.000000444. The van der Waals surface area contributed by atoms with Gasteiger partial charge in [0.15, 0.2) is 0 Å². The molecule has 2 aromatic carbocycles. The zero-order valence-corrected chi connectivity index (χ0v) is 11.6. The molecule has 0 spiro atoms. The highest BCUT2D eigenvalue weighted by Crippen LogP contribution is 2.11. The first kappa shape index (κ1) is 15.4. The molecule has 0 aliphatic rings. The zero-order chi connectivity index (χ0) is 15.0. The molecule has 0 aliphatic carbocycles. The third kappa shape index (κ3) is 5.35. The highest BCUT2D eigenvalue weighted by molar-refractivity contribution is 6.05. The molecule has 0 radical (unpaired) electrons. The lowest BCUT2D eigenvalue weighted by Crippen LogP contribution is -2.12. The molecule has 0 aromatic heterocycles. The summed E-state index contributed by atoms with van der Waals surface area (Å²) in [5, 5.41) is 2.86. The standard InChI is InChI=1S/C14H13NO.C2H5NO/c1-11-7-5-6-10-13(11)14(16)15-12-8-3-2-4-9-12;1-2(3)4/h2-10H,1H3,(H,15,16);1H3,(H2,3,4). The minimum atomic E-state index is -0.333. The summed E-state index contributed by atoms with van der Waals surface area (Å²) in [5.74, 6) is -0.399. The van der Waals surface area contributed by atoms with Crippen LogP contribution in [0.15, 0.2) is 54.6 Å². The number of carbonyl (C=O) groups is 2. The first-order valence-corrected chi connectivity index (χ1v) is 6.18. The Hall–Kier alpha value is -2.62. The van der Waals surface area contributed by atoms with Gasteiger partial charge in [0, 0.05) is 18.2 Å². The van der Waals surface area contributed by atoms with Gasteiger partial charge in [0.25, 0.3) is 5.91 Å². The van der Waals surface area contributed by atoms with E-state index in [4.69, 9.17) is 0 Å². The van der Waals surface area contributed by atoms with E-state index >= 15 is 0 Å². The van der Waals surface area contributed by atoms with Crippen LogP contribution < -0.4 is 11.1 Å². The van der Waals surface area contributed by atoms with E-state index < -0.39 is 0 Å². The second-order valence-electron chi connectivity index (χ2n) is 4.25. The first-order chi connectivity index (χ1) is 9.50. The number of carbonyl (C=O) groups excluding carboxylic acids is 2. The van der Waals surface area contributed by atoms with Crippen molar-refractivity contribution in [1.82, 2.24) is 0 Å². The molecule has 20 heavy (non-hydrogen) atoms. The molecule has 0 saturated heterocycles. The summed E-state index contributed by atoms with van der Waals surface area (Å²) in [5.41, 5.74) is 6.98. The van der Waals surface area contributed by atoms with Crippen LogP contribution in [0.2, 0.25) is 0 Å². The summed E-state index contributed by atoms with van der Waals surface area (Å²) in [6.07, 6.45) is 0. The number of nitrogens with one attached hydrogen (secondary N) is 1. The number of hydrogen-bond acceptors (Lipinski definition) is 2. The third-order valence-electron chi connectivity index (χ3n) is 2.42. The van der Waals surface area contributed by atoms with Crippen molar-refractivity contribution in [2.75, 3.05) is 5.32 Å². The second kappa shape index (κ2) is 7.74. The molecule has 0 saturated carbocycles. The van der Waals surface area contributed by atoms with Gasteiger partial charge < -0.3 is 11.1 Å². The number of hydrogen-bond donors (Lipinski definition) is 2. The molecular weight excluding hydrogens is 252 g/mol. The van der Waals surface area contributed by atoms with Crippen molar-refractivity contribution in [3.63, 3.8) is 0 Å². The third-order valence-corrected chi connectivity index (χ3v) is 2.42. The lowest BCUT2D eigenvalue weighted by Gasteiger charge is -2.06. The summed E-state index contributed by atoms with van der Waals surface area (Å²) < 4.78 is 0. The molecule has 0 heterocycles. The van der Waals surface area contributed by atoms with Crippen molar-refractivity contribution in [3.05, 3.63) is 65.7 Å². The predicted octanol–water partition coefficient (Wildman–Crippen LogP) is 2.74. The molecular formula is C16H18N2O2. The molecule has 0 atom stereocenters. The maximum absolute atomic E-state index is 11.9. The zero-order valence-electron chi connectivity index (χ0n) is 11.6. The van der Waals surface area contributed by atoms with Gasteiger partial charge in [-0.3, -0.25) is 9.59 Å². The van der Waals surface area contributed by atoms with Crippen LogP contribution in [0.3, 0.4) is 0 Å². The van der Waals surface area contributed by atoms with Crippen molar-refractivity contribution < 1.29 is 9.59 Å². The number of nitrogens with two attached hydrogens (primary N) is 1. The highest BCUT2D eigenvalue weighted by atomic mass is 16.1. The average molecular weight is 270 g/mol. The van der Waals surface area contributed by atoms with Crippen LogP contribution in [0.4, 0.5) is 5.69 Å². The SMILES string of the molecule is CC(N)=O.Cc1ccccc1C(=O)Nc1ccccc1. The number of primary amides is 1. The Bertz CT molecular complexity index is 576. The van der Waals surface area contributed by atoms with E-state index in [1.54, 1.807) is 0 Å². The normalized spacial score (nSPS) is 9.10. The van der Waals surface area contributed by atoms with E-state index in [1.807, 2.05) is 61.5 Å². The molecule has 2 aromatic rings. The minimum Gasteiger partial charge on any atom is -0.370 e. The van der Waals surface area contributed by atoms with Crippen molar-refractivity contribution in [1.29, 1.82) is 0 Å². The van der Waals surface area contributed by atoms with Crippen LogP contribution in [-0.4, -0.2) is 11.8 Å². The average Bonchev–Trinajstić information content (AvgIpc) is 2.39. The van der Waals surface area contributed by atoms with Crippen LogP contribution in [-0.2, 0) is 4.79 Å². The van der Waals surface area contributed by atoms with Gasteiger partial charge in [0.2, 0.25) is 5.91 Å². The summed E-state index contributed by atoms with van der Waals surface area (Å²) >= 11 is 0. The summed E-state index contributed by atoms with van der Waals surface area (Å²) in [7, 11) is 0. The van der Waals surface area contributed by atoms with E-state index in [-0.39, 0.29) is 11.8 Å². The first-order valence-electron chi connectivity index (χ1n) is 6.18. The van der Waals surface area contributed by atoms with Crippen LogP contribution in [0, 0.1) is 6.92 Å². The molecule has 0 aliphatic heterocycles. The van der Waals surface area contributed by atoms with Crippen molar-refractivity contribution in [2.24, 2.45) is 5.73 Å². The molecule has 4 nitrogen and oxygen atoms in total. The van der Waals surface area contributed by atoms with E-state index in [0.29, 0.717) is 5.56 Å². The van der Waals surface area contributed by atoms with E-state index in [1.165, 1.54) is 6.92 Å². The largest absolute Gasteiger partial charge is 0.370 e. The van der Waals surface area contributed by atoms with Crippen molar-refractivity contribution in [3.8, 4) is 0 Å². The van der Waals surface area contributed by atoms with Gasteiger partial charge in [-0.15, -0.1) is 0 Å². The maximum atomic E-state index is 11.9. The van der Waals surface area contributed by atoms with Gasteiger partial charge in [-0.05, 0) is 30.7 Å². The fraction of sp³-hybridized carbons (Fsp3) is 0.125. The van der Waals surface area contributed by atoms with Gasteiger partial charge in [-0.25, -0.2) is 0 Å². The van der Waals surface area contributed by atoms with E-state index in [2.05, 4.69) is 11.1 Å². The van der Waals surface area contributed by atoms with Gasteiger partial charge in [-0.1, -0.05) is 36.4 Å². The predicted molar refractivity (Wildman–Crippen MR) is 80.4 cm³/mol. The molecule has 2 rings (SSSR count). The van der Waals surface area contributed by atoms with Crippen LogP contribution >= 0.6 is 0 Å². The fourth-order valence-corrected chi connectivity index (χ4v) is 1.55. The monoisotopic (exact) mass is 270 g/mol. The summed E-state index contributed by atoms with van der Waals surface area (Å²) in [6, 6.07) is 17.0. The topological polar surface area (TPSA) is 72.2 Å². The van der Waals surface area contributed by atoms with E-state index in [0.717, 1.165) is 11.3 Å². The Kier molecular flexibility index (Phi) is 5.97. The Morgan fingerprint density at radius 2 is 1.45 bits per heavy atom. The summed E-state index contributed by atoms with van der Waals surface area (Å²) in [4.78, 5) is 21.1. The molecule has 104 valence electrons. The number of aryl methyl sites for hydroxylation is 1. The van der Waals surface area contributed by atoms with Crippen LogP contribution in [0.1, 0.15) is 22.8 Å². The van der Waals surface area contributed by atoms with Crippen LogP contribution in [0.25, 0.3) is 0 Å². The number of benzene rings is 2. The van der Waals surface area contributed by atoms with Gasteiger partial charge >= 0.3 is 0 Å². The van der Waals surface area contributed by atoms with Crippen molar-refractivity contribution >= 4 is 17.5 Å². The number of rotatable bonds is 2. The Morgan fingerprint density at radius 3 is 2.00 bits per heavy atom.